The lowest BCUT2D eigenvalue weighted by atomic mass is 9.97. The predicted octanol–water partition coefficient (Wildman–Crippen LogP) is 2.67. The highest BCUT2D eigenvalue weighted by molar-refractivity contribution is 7.89. The Bertz CT molecular complexity index is 1240. The van der Waals surface area contributed by atoms with Gasteiger partial charge in [-0.3, -0.25) is 9.69 Å². The number of likely N-dealkylation sites (tertiary alicyclic amines) is 1. The molecule has 0 bridgehead atoms. The van der Waals surface area contributed by atoms with Crippen LogP contribution in [0.5, 0.6) is 0 Å². The zero-order valence-corrected chi connectivity index (χ0v) is 20.8. The van der Waals surface area contributed by atoms with Crippen LogP contribution in [-0.2, 0) is 26.1 Å². The number of morpholine rings is 1. The Balaban J connectivity index is 1.17. The van der Waals surface area contributed by atoms with Gasteiger partial charge in [-0.25, -0.2) is 8.42 Å². The third-order valence-corrected chi connectivity index (χ3v) is 8.95. The second-order valence-corrected chi connectivity index (χ2v) is 11.5. The van der Waals surface area contributed by atoms with Crippen molar-refractivity contribution >= 4 is 33.0 Å². The minimum Gasteiger partial charge on any atom is -0.379 e. The van der Waals surface area contributed by atoms with Crippen molar-refractivity contribution in [3.63, 3.8) is 0 Å². The fourth-order valence-electron chi connectivity index (χ4n) is 4.32. The highest BCUT2D eigenvalue weighted by atomic mass is 32.2. The van der Waals surface area contributed by atoms with Crippen LogP contribution in [0.4, 0.5) is 5.69 Å². The number of nitrogens with zero attached hydrogens (tertiary/aromatic N) is 4. The van der Waals surface area contributed by atoms with Gasteiger partial charge in [0, 0.05) is 25.3 Å². The number of carbonyl (C=O) groups is 1. The number of rotatable bonds is 7. The van der Waals surface area contributed by atoms with Gasteiger partial charge in [-0.2, -0.15) is 9.29 Å². The molecule has 35 heavy (non-hydrogen) atoms. The molecule has 4 heterocycles. The summed E-state index contributed by atoms with van der Waals surface area (Å²) in [6, 6.07) is 10.2. The average molecular weight is 518 g/mol. The van der Waals surface area contributed by atoms with Crippen molar-refractivity contribution in [1.82, 2.24) is 19.3 Å². The number of ether oxygens (including phenoxy) is 1. The van der Waals surface area contributed by atoms with Gasteiger partial charge in [0.2, 0.25) is 27.6 Å². The van der Waals surface area contributed by atoms with Gasteiger partial charge >= 0.3 is 0 Å². The van der Waals surface area contributed by atoms with Crippen molar-refractivity contribution in [2.24, 2.45) is 5.92 Å². The molecule has 0 spiro atoms. The minimum absolute atomic E-state index is 0.0803. The van der Waals surface area contributed by atoms with E-state index in [2.05, 4.69) is 20.4 Å². The first-order valence-electron chi connectivity index (χ1n) is 11.6. The summed E-state index contributed by atoms with van der Waals surface area (Å²) in [7, 11) is -3.56. The number of benzene rings is 1. The summed E-state index contributed by atoms with van der Waals surface area (Å²) in [6.07, 6.45) is 1.68. The summed E-state index contributed by atoms with van der Waals surface area (Å²) in [5, 5.41) is 8.96. The van der Waals surface area contributed by atoms with Crippen LogP contribution >= 0.6 is 11.3 Å². The van der Waals surface area contributed by atoms with Crippen LogP contribution in [0.15, 0.2) is 51.2 Å². The Labute approximate surface area is 207 Å². The maximum Gasteiger partial charge on any atom is 0.243 e. The fraction of sp³-hybridized carbons (Fsp3) is 0.435. The first-order chi connectivity index (χ1) is 17.0. The predicted molar refractivity (Wildman–Crippen MR) is 130 cm³/mol. The number of carbonyl (C=O) groups excluding carboxylic acids is 1. The smallest absolute Gasteiger partial charge is 0.243 e. The first kappa shape index (κ1) is 24.1. The van der Waals surface area contributed by atoms with Crippen LogP contribution in [0, 0.1) is 5.92 Å². The molecule has 2 saturated heterocycles. The Hall–Kier alpha value is -2.64. The van der Waals surface area contributed by atoms with Gasteiger partial charge in [0.1, 0.15) is 0 Å². The largest absolute Gasteiger partial charge is 0.379 e. The van der Waals surface area contributed by atoms with Gasteiger partial charge in [0.25, 0.3) is 0 Å². The quantitative estimate of drug-likeness (QED) is 0.508. The minimum atomic E-state index is -3.56. The lowest BCUT2D eigenvalue weighted by Gasteiger charge is -2.30. The third kappa shape index (κ3) is 5.62. The molecule has 1 amide bonds. The molecule has 10 nitrogen and oxygen atoms in total. The molecule has 2 aliphatic heterocycles. The molecule has 186 valence electrons. The van der Waals surface area contributed by atoms with E-state index in [0.29, 0.717) is 56.8 Å². The van der Waals surface area contributed by atoms with E-state index in [4.69, 9.17) is 9.26 Å². The Morgan fingerprint density at radius 1 is 1.14 bits per heavy atom. The lowest BCUT2D eigenvalue weighted by Crippen LogP contribution is -2.40. The molecule has 0 saturated carbocycles. The highest BCUT2D eigenvalue weighted by Crippen LogP contribution is 2.24. The Morgan fingerprint density at radius 2 is 1.94 bits per heavy atom. The van der Waals surface area contributed by atoms with Gasteiger partial charge in [0.05, 0.1) is 35.4 Å². The third-order valence-electron chi connectivity index (χ3n) is 6.17. The number of piperidine rings is 1. The van der Waals surface area contributed by atoms with Crippen LogP contribution in [0.25, 0.3) is 10.7 Å². The number of aromatic nitrogens is 2. The summed E-state index contributed by atoms with van der Waals surface area (Å²) in [6.45, 7) is 3.43. The number of sulfonamides is 1. The normalized spacial score (nSPS) is 20.1. The van der Waals surface area contributed by atoms with Crippen molar-refractivity contribution < 1.29 is 22.5 Å². The summed E-state index contributed by atoms with van der Waals surface area (Å²) < 4.78 is 37.6. The number of anilines is 1. The van der Waals surface area contributed by atoms with Crippen molar-refractivity contribution in [3.05, 3.63) is 47.7 Å². The molecule has 1 atom stereocenters. The van der Waals surface area contributed by atoms with Gasteiger partial charge in [0.15, 0.2) is 0 Å². The van der Waals surface area contributed by atoms with E-state index < -0.39 is 10.0 Å². The van der Waals surface area contributed by atoms with Crippen molar-refractivity contribution in [2.45, 2.75) is 24.3 Å². The monoisotopic (exact) mass is 517 g/mol. The van der Waals surface area contributed by atoms with E-state index >= 15 is 0 Å². The fourth-order valence-corrected chi connectivity index (χ4v) is 6.38. The van der Waals surface area contributed by atoms with Crippen molar-refractivity contribution in [2.75, 3.05) is 44.7 Å². The number of hydrogen-bond donors (Lipinski definition) is 1. The average Bonchev–Trinajstić information content (AvgIpc) is 3.58. The molecule has 3 aromatic rings. The second kappa shape index (κ2) is 10.5. The van der Waals surface area contributed by atoms with Crippen molar-refractivity contribution in [3.8, 4) is 10.7 Å². The van der Waals surface area contributed by atoms with Gasteiger partial charge in [-0.1, -0.05) is 11.2 Å². The lowest BCUT2D eigenvalue weighted by molar-refractivity contribution is -0.121. The summed E-state index contributed by atoms with van der Waals surface area (Å²) in [5.41, 5.74) is 0.575. The van der Waals surface area contributed by atoms with E-state index in [-0.39, 0.29) is 16.7 Å². The van der Waals surface area contributed by atoms with E-state index in [1.807, 2.05) is 17.5 Å². The van der Waals surface area contributed by atoms with E-state index in [9.17, 15) is 13.2 Å². The second-order valence-electron chi connectivity index (χ2n) is 8.59. The molecule has 12 heteroatoms. The first-order valence-corrected chi connectivity index (χ1v) is 13.9. The molecule has 2 aromatic heterocycles. The summed E-state index contributed by atoms with van der Waals surface area (Å²) in [4.78, 5) is 20.7. The number of amides is 1. The van der Waals surface area contributed by atoms with Crippen LogP contribution in [-0.4, -0.2) is 73.1 Å². The van der Waals surface area contributed by atoms with E-state index in [1.54, 1.807) is 23.5 Å². The SMILES string of the molecule is O=C(Nc1ccc(S(=O)(=O)N2CCOCC2)cc1)C1CCCN(Cc2nc(-c3cccs3)no2)C1. The Morgan fingerprint density at radius 3 is 2.69 bits per heavy atom. The van der Waals surface area contributed by atoms with Crippen LogP contribution in [0.2, 0.25) is 0 Å². The number of thiophene rings is 1. The Kier molecular flexibility index (Phi) is 7.25. The maximum absolute atomic E-state index is 12.9. The van der Waals surface area contributed by atoms with E-state index in [1.165, 1.54) is 16.4 Å². The molecular weight excluding hydrogens is 490 g/mol. The number of hydrogen-bond acceptors (Lipinski definition) is 9. The molecular formula is C23H27N5O5S2. The van der Waals surface area contributed by atoms with Crippen LogP contribution < -0.4 is 5.32 Å². The maximum atomic E-state index is 12.9. The molecule has 5 rings (SSSR count). The highest BCUT2D eigenvalue weighted by Gasteiger charge is 2.28. The zero-order chi connectivity index (χ0) is 24.3. The van der Waals surface area contributed by atoms with Gasteiger partial charge < -0.3 is 14.6 Å². The van der Waals surface area contributed by atoms with Gasteiger partial charge in [-0.15, -0.1) is 11.3 Å². The molecule has 2 fully saturated rings. The molecule has 0 radical (unpaired) electrons. The molecule has 2 aliphatic rings. The standard InChI is InChI=1S/C23H27N5O5S2/c29-23(24-18-5-7-19(8-6-18)35(30,31)28-10-12-32-13-11-28)17-3-1-9-27(15-17)16-21-25-22(26-33-21)20-4-2-14-34-20/h2,4-8,14,17H,1,3,9-13,15-16H2,(H,24,29). The molecule has 1 aromatic carbocycles. The van der Waals surface area contributed by atoms with Crippen molar-refractivity contribution in [1.29, 1.82) is 0 Å². The van der Waals surface area contributed by atoms with Crippen LogP contribution in [0.1, 0.15) is 18.7 Å². The zero-order valence-electron chi connectivity index (χ0n) is 19.1. The molecule has 1 unspecified atom stereocenters. The van der Waals surface area contributed by atoms with E-state index in [0.717, 1.165) is 24.3 Å². The summed E-state index contributed by atoms with van der Waals surface area (Å²) >= 11 is 1.56. The number of nitrogens with one attached hydrogen (secondary N) is 1. The molecule has 0 aliphatic carbocycles. The molecule has 1 N–H and O–H groups in total. The topological polar surface area (TPSA) is 118 Å². The summed E-state index contributed by atoms with van der Waals surface area (Å²) in [5.74, 6) is 0.857. The van der Waals surface area contributed by atoms with Crippen LogP contribution in [0.3, 0.4) is 0 Å². The van der Waals surface area contributed by atoms with Gasteiger partial charge in [-0.05, 0) is 55.1 Å².